The van der Waals surface area contributed by atoms with E-state index in [0.717, 1.165) is 5.56 Å². The van der Waals surface area contributed by atoms with Crippen LogP contribution in [0.3, 0.4) is 0 Å². The van der Waals surface area contributed by atoms with Crippen LogP contribution in [0.25, 0.3) is 0 Å². The number of benzene rings is 1. The molecule has 2 atom stereocenters. The summed E-state index contributed by atoms with van der Waals surface area (Å²) in [5.74, 6) is -0.562. The molecule has 1 heterocycles. The summed E-state index contributed by atoms with van der Waals surface area (Å²) in [5.41, 5.74) is 0.921. The molecule has 1 aliphatic heterocycles. The van der Waals surface area contributed by atoms with E-state index in [9.17, 15) is 0 Å². The van der Waals surface area contributed by atoms with Gasteiger partial charge in [-0.2, -0.15) is 0 Å². The van der Waals surface area contributed by atoms with Gasteiger partial charge in [0.25, 0.3) is 0 Å². The Hall–Kier alpha value is -0.280. The monoisotopic (exact) mass is 260 g/mol. The molecule has 16 heavy (non-hydrogen) atoms. The number of halogens is 2. The van der Waals surface area contributed by atoms with Crippen molar-refractivity contribution in [2.75, 3.05) is 0 Å². The Balaban J connectivity index is 2.31. The number of hydrogen-bond donors (Lipinski definition) is 0. The van der Waals surface area contributed by atoms with Gasteiger partial charge in [-0.25, -0.2) is 0 Å². The largest absolute Gasteiger partial charge is 0.344 e. The Bertz CT molecular complexity index is 404. The van der Waals surface area contributed by atoms with E-state index in [0.29, 0.717) is 10.0 Å². The van der Waals surface area contributed by atoms with Crippen molar-refractivity contribution >= 4 is 23.2 Å². The van der Waals surface area contributed by atoms with Gasteiger partial charge in [-0.15, -0.1) is 0 Å². The van der Waals surface area contributed by atoms with Crippen molar-refractivity contribution in [3.8, 4) is 0 Å². The fourth-order valence-electron chi connectivity index (χ4n) is 1.99. The lowest BCUT2D eigenvalue weighted by Crippen LogP contribution is -2.20. The van der Waals surface area contributed by atoms with E-state index in [1.165, 1.54) is 0 Å². The molecular formula is C12H14Cl2O2. The fraction of sp³-hybridized carbons (Fsp3) is 0.500. The summed E-state index contributed by atoms with van der Waals surface area (Å²) in [5, 5.41) is 1.24. The lowest BCUT2D eigenvalue weighted by molar-refractivity contribution is -0.145. The zero-order valence-corrected chi connectivity index (χ0v) is 11.0. The topological polar surface area (TPSA) is 18.5 Å². The summed E-state index contributed by atoms with van der Waals surface area (Å²) in [7, 11) is 0. The molecular weight excluding hydrogens is 247 g/mol. The summed E-state index contributed by atoms with van der Waals surface area (Å²) >= 11 is 12.0. The van der Waals surface area contributed by atoms with Crippen LogP contribution in [-0.4, -0.2) is 11.9 Å². The second kappa shape index (κ2) is 4.19. The van der Waals surface area contributed by atoms with Crippen LogP contribution in [0.4, 0.5) is 0 Å². The third-order valence-electron chi connectivity index (χ3n) is 2.58. The first-order valence-corrected chi connectivity index (χ1v) is 5.95. The van der Waals surface area contributed by atoms with Gasteiger partial charge in [-0.1, -0.05) is 29.3 Å². The molecule has 0 bridgehead atoms. The molecule has 0 N–H and O–H groups in total. The molecule has 1 saturated heterocycles. The van der Waals surface area contributed by atoms with Gasteiger partial charge in [-0.05, 0) is 32.9 Å². The second-order valence-corrected chi connectivity index (χ2v) is 5.27. The molecule has 0 aliphatic carbocycles. The van der Waals surface area contributed by atoms with Gasteiger partial charge < -0.3 is 9.47 Å². The molecule has 1 aliphatic rings. The number of rotatable bonds is 1. The molecule has 1 aromatic rings. The Morgan fingerprint density at radius 1 is 1.19 bits per heavy atom. The Morgan fingerprint density at radius 2 is 1.88 bits per heavy atom. The predicted molar refractivity (Wildman–Crippen MR) is 64.9 cm³/mol. The minimum absolute atomic E-state index is 0.0197. The molecule has 0 aromatic heterocycles. The standard InChI is InChI=1S/C12H14Cl2O2/c1-7-11(16-12(2,3)15-7)9-5-4-8(13)6-10(9)14/h4-7,11H,1-3H3. The molecule has 88 valence electrons. The predicted octanol–water partition coefficient (Wildman–Crippen LogP) is 4.21. The summed E-state index contributed by atoms with van der Waals surface area (Å²) in [6.07, 6.45) is -0.159. The first kappa shape index (κ1) is 12.2. The van der Waals surface area contributed by atoms with Crippen molar-refractivity contribution in [2.24, 2.45) is 0 Å². The maximum absolute atomic E-state index is 6.15. The molecule has 2 unspecified atom stereocenters. The summed E-state index contributed by atoms with van der Waals surface area (Å²) in [6, 6.07) is 5.42. The highest BCUT2D eigenvalue weighted by atomic mass is 35.5. The third kappa shape index (κ3) is 2.35. The van der Waals surface area contributed by atoms with Crippen LogP contribution in [0.15, 0.2) is 18.2 Å². The van der Waals surface area contributed by atoms with E-state index < -0.39 is 5.79 Å². The molecule has 1 fully saturated rings. The van der Waals surface area contributed by atoms with E-state index in [4.69, 9.17) is 32.7 Å². The molecule has 2 rings (SSSR count). The van der Waals surface area contributed by atoms with Crippen LogP contribution in [0.5, 0.6) is 0 Å². The van der Waals surface area contributed by atoms with E-state index in [1.807, 2.05) is 32.9 Å². The number of hydrogen-bond acceptors (Lipinski definition) is 2. The average Bonchev–Trinajstić information content (AvgIpc) is 2.39. The summed E-state index contributed by atoms with van der Waals surface area (Å²) < 4.78 is 11.5. The minimum atomic E-state index is -0.562. The lowest BCUT2D eigenvalue weighted by atomic mass is 10.1. The first-order valence-electron chi connectivity index (χ1n) is 5.20. The van der Waals surface area contributed by atoms with Crippen molar-refractivity contribution in [1.82, 2.24) is 0 Å². The number of ether oxygens (including phenoxy) is 2. The highest BCUT2D eigenvalue weighted by molar-refractivity contribution is 6.35. The Kier molecular flexibility index (Phi) is 3.19. The normalized spacial score (nSPS) is 28.3. The quantitative estimate of drug-likeness (QED) is 0.754. The van der Waals surface area contributed by atoms with Gasteiger partial charge in [0.05, 0.1) is 6.10 Å². The average molecular weight is 261 g/mol. The molecule has 1 aromatic carbocycles. The first-order chi connectivity index (χ1) is 7.39. The third-order valence-corrected chi connectivity index (χ3v) is 3.14. The summed E-state index contributed by atoms with van der Waals surface area (Å²) in [4.78, 5) is 0. The van der Waals surface area contributed by atoms with Crippen LogP contribution in [-0.2, 0) is 9.47 Å². The van der Waals surface area contributed by atoms with Crippen LogP contribution in [0.2, 0.25) is 10.0 Å². The van der Waals surface area contributed by atoms with Gasteiger partial charge >= 0.3 is 0 Å². The molecule has 4 heteroatoms. The fourth-order valence-corrected chi connectivity index (χ4v) is 2.50. The maximum Gasteiger partial charge on any atom is 0.164 e. The van der Waals surface area contributed by atoms with Gasteiger partial charge in [-0.3, -0.25) is 0 Å². The van der Waals surface area contributed by atoms with Crippen LogP contribution < -0.4 is 0 Å². The van der Waals surface area contributed by atoms with Crippen molar-refractivity contribution < 1.29 is 9.47 Å². The molecule has 2 nitrogen and oxygen atoms in total. The highest BCUT2D eigenvalue weighted by Crippen LogP contribution is 2.40. The smallest absolute Gasteiger partial charge is 0.164 e. The van der Waals surface area contributed by atoms with E-state index in [2.05, 4.69) is 0 Å². The van der Waals surface area contributed by atoms with E-state index in [1.54, 1.807) is 6.07 Å². The van der Waals surface area contributed by atoms with Gasteiger partial charge in [0.15, 0.2) is 5.79 Å². The van der Waals surface area contributed by atoms with E-state index >= 15 is 0 Å². The Labute approximate surface area is 105 Å². The van der Waals surface area contributed by atoms with Crippen molar-refractivity contribution in [3.05, 3.63) is 33.8 Å². The van der Waals surface area contributed by atoms with Crippen LogP contribution in [0.1, 0.15) is 32.4 Å². The van der Waals surface area contributed by atoms with Crippen molar-refractivity contribution in [2.45, 2.75) is 38.8 Å². The molecule has 0 spiro atoms. The Morgan fingerprint density at radius 3 is 2.38 bits per heavy atom. The lowest BCUT2D eigenvalue weighted by Gasteiger charge is -2.17. The van der Waals surface area contributed by atoms with Gasteiger partial charge in [0.1, 0.15) is 6.10 Å². The zero-order valence-electron chi connectivity index (χ0n) is 9.46. The molecule has 0 amide bonds. The van der Waals surface area contributed by atoms with Crippen molar-refractivity contribution in [3.63, 3.8) is 0 Å². The highest BCUT2D eigenvalue weighted by Gasteiger charge is 2.40. The maximum atomic E-state index is 6.15. The van der Waals surface area contributed by atoms with E-state index in [-0.39, 0.29) is 12.2 Å². The molecule has 0 radical (unpaired) electrons. The van der Waals surface area contributed by atoms with Crippen molar-refractivity contribution in [1.29, 1.82) is 0 Å². The van der Waals surface area contributed by atoms with Crippen LogP contribution >= 0.6 is 23.2 Å². The van der Waals surface area contributed by atoms with Gasteiger partial charge in [0, 0.05) is 15.6 Å². The van der Waals surface area contributed by atoms with Crippen LogP contribution in [0, 0.1) is 0 Å². The summed E-state index contributed by atoms with van der Waals surface area (Å²) in [6.45, 7) is 5.77. The zero-order chi connectivity index (χ0) is 11.9. The SMILES string of the molecule is CC1OC(C)(C)OC1c1ccc(Cl)cc1Cl. The second-order valence-electron chi connectivity index (χ2n) is 4.43. The minimum Gasteiger partial charge on any atom is -0.344 e. The molecule has 0 saturated carbocycles. The van der Waals surface area contributed by atoms with Gasteiger partial charge in [0.2, 0.25) is 0 Å².